The van der Waals surface area contributed by atoms with Gasteiger partial charge >= 0.3 is 0 Å². The summed E-state index contributed by atoms with van der Waals surface area (Å²) >= 11 is 3.18. The zero-order valence-electron chi connectivity index (χ0n) is 10.9. The van der Waals surface area contributed by atoms with Gasteiger partial charge in [-0.2, -0.15) is 0 Å². The van der Waals surface area contributed by atoms with Crippen LogP contribution in [0.2, 0.25) is 0 Å². The lowest BCUT2D eigenvalue weighted by Crippen LogP contribution is -2.45. The van der Waals surface area contributed by atoms with Crippen molar-refractivity contribution in [3.05, 3.63) is 16.7 Å². The molecule has 3 N–H and O–H groups in total. The van der Waals surface area contributed by atoms with Crippen LogP contribution in [-0.2, 0) is 19.5 Å². The van der Waals surface area contributed by atoms with E-state index in [0.29, 0.717) is 24.1 Å². The third kappa shape index (κ3) is 3.29. The number of hydrogen-bond donors (Lipinski definition) is 2. The van der Waals surface area contributed by atoms with E-state index in [2.05, 4.69) is 25.6 Å². The molecule has 1 saturated heterocycles. The molecule has 2 rings (SSSR count). The van der Waals surface area contributed by atoms with E-state index in [0.717, 1.165) is 0 Å². The molecule has 7 nitrogen and oxygen atoms in total. The van der Waals surface area contributed by atoms with Crippen LogP contribution in [0.25, 0.3) is 0 Å². The van der Waals surface area contributed by atoms with Crippen molar-refractivity contribution in [3.8, 4) is 0 Å². The van der Waals surface area contributed by atoms with Crippen molar-refractivity contribution < 1.29 is 17.9 Å². The summed E-state index contributed by atoms with van der Waals surface area (Å²) in [5, 5.41) is 0. The van der Waals surface area contributed by atoms with Crippen molar-refractivity contribution >= 4 is 31.8 Å². The van der Waals surface area contributed by atoms with Crippen LogP contribution in [0.4, 0.5) is 5.82 Å². The van der Waals surface area contributed by atoms with Crippen molar-refractivity contribution in [2.75, 3.05) is 32.6 Å². The number of methoxy groups -OCH3 is 1. The number of halogens is 1. The van der Waals surface area contributed by atoms with Crippen LogP contribution in [0.5, 0.6) is 0 Å². The highest BCUT2D eigenvalue weighted by Crippen LogP contribution is 2.24. The minimum absolute atomic E-state index is 0.0464. The van der Waals surface area contributed by atoms with Crippen LogP contribution < -0.4 is 10.5 Å². The van der Waals surface area contributed by atoms with Gasteiger partial charge in [-0.15, -0.1) is 0 Å². The third-order valence-corrected chi connectivity index (χ3v) is 5.09. The largest absolute Gasteiger partial charge is 0.383 e. The molecule has 9 heteroatoms. The highest BCUT2D eigenvalue weighted by atomic mass is 79.9. The molecule has 20 heavy (non-hydrogen) atoms. The number of aromatic nitrogens is 1. The van der Waals surface area contributed by atoms with Crippen molar-refractivity contribution in [2.45, 2.75) is 16.9 Å². The first-order valence-corrected chi connectivity index (χ1v) is 8.20. The Labute approximate surface area is 126 Å². The average molecular weight is 366 g/mol. The zero-order valence-corrected chi connectivity index (χ0v) is 13.3. The molecule has 1 aromatic rings. The first-order valence-electron chi connectivity index (χ1n) is 5.92. The molecule has 1 unspecified atom stereocenters. The van der Waals surface area contributed by atoms with E-state index in [-0.39, 0.29) is 17.3 Å². The van der Waals surface area contributed by atoms with Gasteiger partial charge in [-0.05, 0) is 22.0 Å². The second kappa shape index (κ2) is 5.94. The molecule has 0 amide bonds. The summed E-state index contributed by atoms with van der Waals surface area (Å²) in [6.07, 6.45) is 2.08. The first kappa shape index (κ1) is 15.6. The summed E-state index contributed by atoms with van der Waals surface area (Å²) in [4.78, 5) is 3.76. The maximum absolute atomic E-state index is 12.3. The fraction of sp³-hybridized carbons (Fsp3) is 0.545. The molecule has 0 saturated carbocycles. The molecule has 1 aromatic heterocycles. The third-order valence-electron chi connectivity index (χ3n) is 3.22. The van der Waals surface area contributed by atoms with E-state index in [1.54, 1.807) is 0 Å². The van der Waals surface area contributed by atoms with Crippen LogP contribution in [-0.4, -0.2) is 45.9 Å². The van der Waals surface area contributed by atoms with Crippen LogP contribution in [0.15, 0.2) is 21.6 Å². The molecule has 1 aliphatic heterocycles. The van der Waals surface area contributed by atoms with Crippen molar-refractivity contribution in [1.29, 1.82) is 0 Å². The molecule has 0 radical (unpaired) electrons. The second-order valence-electron chi connectivity index (χ2n) is 4.55. The number of nitrogens with zero attached hydrogens (tertiary/aromatic N) is 1. The Balaban J connectivity index is 2.17. The lowest BCUT2D eigenvalue weighted by molar-refractivity contribution is -0.0120. The number of rotatable bonds is 5. The summed E-state index contributed by atoms with van der Waals surface area (Å²) < 4.78 is 38.2. The van der Waals surface area contributed by atoms with Gasteiger partial charge in [0.15, 0.2) is 0 Å². The van der Waals surface area contributed by atoms with Gasteiger partial charge in [-0.25, -0.2) is 18.1 Å². The minimum Gasteiger partial charge on any atom is -0.383 e. The predicted molar refractivity (Wildman–Crippen MR) is 76.7 cm³/mol. The molecular formula is C11H16BrN3O4S. The maximum Gasteiger partial charge on any atom is 0.244 e. The van der Waals surface area contributed by atoms with Gasteiger partial charge in [0.1, 0.15) is 16.3 Å². The zero-order chi connectivity index (χ0) is 14.8. The van der Waals surface area contributed by atoms with Crippen LogP contribution >= 0.6 is 15.9 Å². The van der Waals surface area contributed by atoms with E-state index in [4.69, 9.17) is 15.2 Å². The molecule has 0 aromatic carbocycles. The van der Waals surface area contributed by atoms with Crippen molar-refractivity contribution in [1.82, 2.24) is 9.71 Å². The van der Waals surface area contributed by atoms with Crippen LogP contribution in [0, 0.1) is 0 Å². The Morgan fingerprint density at radius 1 is 1.65 bits per heavy atom. The van der Waals surface area contributed by atoms with Gasteiger partial charge in [0.2, 0.25) is 10.0 Å². The van der Waals surface area contributed by atoms with Gasteiger partial charge < -0.3 is 15.2 Å². The van der Waals surface area contributed by atoms with E-state index >= 15 is 0 Å². The van der Waals surface area contributed by atoms with Crippen LogP contribution in [0.1, 0.15) is 6.42 Å². The number of nitrogens with one attached hydrogen (secondary N) is 1. The van der Waals surface area contributed by atoms with Gasteiger partial charge in [-0.3, -0.25) is 0 Å². The number of ether oxygens (including phenoxy) is 2. The molecule has 2 heterocycles. The molecule has 1 atom stereocenters. The monoisotopic (exact) mass is 365 g/mol. The van der Waals surface area contributed by atoms with Gasteiger partial charge in [0.25, 0.3) is 0 Å². The maximum atomic E-state index is 12.3. The fourth-order valence-electron chi connectivity index (χ4n) is 1.91. The Hall–Kier alpha value is -0.740. The standard InChI is InChI=1S/C11H16BrN3O4S/c1-18-11(2-3-19-7-11)6-15-20(16,17)9-4-8(12)5-14-10(9)13/h4-5,15H,2-3,6-7H2,1H3,(H2,13,14). The predicted octanol–water partition coefficient (Wildman–Crippen LogP) is 0.510. The van der Waals surface area contributed by atoms with Crippen molar-refractivity contribution in [3.63, 3.8) is 0 Å². The molecular weight excluding hydrogens is 350 g/mol. The summed E-state index contributed by atoms with van der Waals surface area (Å²) in [6, 6.07) is 1.41. The summed E-state index contributed by atoms with van der Waals surface area (Å²) in [5.74, 6) is -0.0464. The lowest BCUT2D eigenvalue weighted by atomic mass is 10.0. The van der Waals surface area contributed by atoms with Gasteiger partial charge in [-0.1, -0.05) is 0 Å². The molecule has 112 valence electrons. The van der Waals surface area contributed by atoms with Crippen LogP contribution in [0.3, 0.4) is 0 Å². The number of hydrogen-bond acceptors (Lipinski definition) is 6. The van der Waals surface area contributed by atoms with E-state index in [1.807, 2.05) is 0 Å². The normalized spacial score (nSPS) is 23.1. The molecule has 1 aliphatic rings. The number of sulfonamides is 1. The molecule has 1 fully saturated rings. The van der Waals surface area contributed by atoms with Gasteiger partial charge in [0.05, 0.1) is 6.61 Å². The Kier molecular flexibility index (Phi) is 4.65. The highest BCUT2D eigenvalue weighted by molar-refractivity contribution is 9.10. The minimum atomic E-state index is -3.75. The molecule has 0 bridgehead atoms. The highest BCUT2D eigenvalue weighted by Gasteiger charge is 2.36. The Morgan fingerprint density at radius 3 is 3.00 bits per heavy atom. The summed E-state index contributed by atoms with van der Waals surface area (Å²) in [5.41, 5.74) is 4.99. The smallest absolute Gasteiger partial charge is 0.244 e. The average Bonchev–Trinajstić information content (AvgIpc) is 2.89. The quantitative estimate of drug-likeness (QED) is 0.787. The summed E-state index contributed by atoms with van der Waals surface area (Å²) in [6.45, 7) is 1.03. The Bertz CT molecular complexity index is 587. The lowest BCUT2D eigenvalue weighted by Gasteiger charge is -2.25. The first-order chi connectivity index (χ1) is 9.38. The fourth-order valence-corrected chi connectivity index (χ4v) is 3.61. The second-order valence-corrected chi connectivity index (χ2v) is 7.20. The number of pyridine rings is 1. The van der Waals surface area contributed by atoms with Gasteiger partial charge in [0, 0.05) is 37.4 Å². The number of nitrogen functional groups attached to an aromatic ring is 1. The molecule has 0 spiro atoms. The van der Waals surface area contributed by atoms with Crippen molar-refractivity contribution in [2.24, 2.45) is 0 Å². The van der Waals surface area contributed by atoms with E-state index in [1.165, 1.54) is 19.4 Å². The Morgan fingerprint density at radius 2 is 2.40 bits per heavy atom. The van der Waals surface area contributed by atoms with E-state index in [9.17, 15) is 8.42 Å². The molecule has 0 aliphatic carbocycles. The van der Waals surface area contributed by atoms with E-state index < -0.39 is 15.6 Å². The number of anilines is 1. The SMILES string of the molecule is COC1(CNS(=O)(=O)c2cc(Br)cnc2N)CCOC1. The summed E-state index contributed by atoms with van der Waals surface area (Å²) in [7, 11) is -2.21. The topological polar surface area (TPSA) is 104 Å². The number of nitrogens with two attached hydrogens (primary N) is 1.